The number of nitrogens with one attached hydrogen (secondary N) is 1. The Morgan fingerprint density at radius 3 is 2.17 bits per heavy atom. The molecule has 0 bridgehead atoms. The molecule has 0 aromatic heterocycles. The maximum absolute atomic E-state index is 12.5. The van der Waals surface area contributed by atoms with E-state index < -0.39 is 12.1 Å². The van der Waals surface area contributed by atoms with Gasteiger partial charge in [-0.2, -0.15) is 13.2 Å². The lowest BCUT2D eigenvalue weighted by molar-refractivity contribution is -0.185. The third kappa shape index (κ3) is 4.76. The predicted octanol–water partition coefficient (Wildman–Crippen LogP) is 2.89. The van der Waals surface area contributed by atoms with Gasteiger partial charge in [0.05, 0.1) is 5.92 Å². The van der Waals surface area contributed by atoms with Crippen LogP contribution in [0.2, 0.25) is 0 Å². The highest BCUT2D eigenvalue weighted by molar-refractivity contribution is 4.81. The normalized spacial score (nSPS) is 21.5. The van der Waals surface area contributed by atoms with Crippen LogP contribution in [0.25, 0.3) is 0 Å². The van der Waals surface area contributed by atoms with Crippen molar-refractivity contribution in [1.82, 2.24) is 10.2 Å². The topological polar surface area (TPSA) is 15.3 Å². The minimum Gasteiger partial charge on any atom is -0.313 e. The van der Waals surface area contributed by atoms with E-state index in [1.54, 1.807) is 0 Å². The van der Waals surface area contributed by atoms with Gasteiger partial charge < -0.3 is 10.2 Å². The van der Waals surface area contributed by atoms with E-state index in [1.807, 2.05) is 0 Å². The first-order valence-corrected chi connectivity index (χ1v) is 6.87. The summed E-state index contributed by atoms with van der Waals surface area (Å²) < 4.78 is 37.6. The van der Waals surface area contributed by atoms with Crippen molar-refractivity contribution in [2.24, 2.45) is 11.8 Å². The average molecular weight is 266 g/mol. The van der Waals surface area contributed by atoms with Crippen molar-refractivity contribution >= 4 is 0 Å². The maximum Gasteiger partial charge on any atom is 0.391 e. The van der Waals surface area contributed by atoms with Crippen LogP contribution in [0.1, 0.15) is 33.6 Å². The number of piperidine rings is 1. The summed E-state index contributed by atoms with van der Waals surface area (Å²) in [6, 6.07) is 0.373. The second-order valence-electron chi connectivity index (χ2n) is 5.52. The zero-order valence-electron chi connectivity index (χ0n) is 11.6. The second kappa shape index (κ2) is 6.75. The summed E-state index contributed by atoms with van der Waals surface area (Å²) >= 11 is 0. The fourth-order valence-corrected chi connectivity index (χ4v) is 2.49. The molecule has 1 heterocycles. The van der Waals surface area contributed by atoms with Gasteiger partial charge in [-0.25, -0.2) is 0 Å². The van der Waals surface area contributed by atoms with E-state index in [9.17, 15) is 13.2 Å². The fraction of sp³-hybridized carbons (Fsp3) is 1.00. The predicted molar refractivity (Wildman–Crippen MR) is 67.5 cm³/mol. The SMILES string of the molecule is CCNC(CN1CCC(C(F)(F)F)CC1)C(C)C. The molecule has 1 unspecified atom stereocenters. The maximum atomic E-state index is 12.5. The Balaban J connectivity index is 2.38. The molecular weight excluding hydrogens is 241 g/mol. The Morgan fingerprint density at radius 2 is 1.78 bits per heavy atom. The Hall–Kier alpha value is -0.290. The largest absolute Gasteiger partial charge is 0.391 e. The first-order chi connectivity index (χ1) is 8.34. The molecule has 0 radical (unpaired) electrons. The first kappa shape index (κ1) is 15.8. The summed E-state index contributed by atoms with van der Waals surface area (Å²) in [5, 5.41) is 3.41. The monoisotopic (exact) mass is 266 g/mol. The number of likely N-dealkylation sites (N-methyl/N-ethyl adjacent to an activating group) is 1. The van der Waals surface area contributed by atoms with Crippen molar-refractivity contribution < 1.29 is 13.2 Å². The number of nitrogens with zero attached hydrogens (tertiary/aromatic N) is 1. The van der Waals surface area contributed by atoms with Crippen molar-refractivity contribution in [3.63, 3.8) is 0 Å². The molecule has 0 spiro atoms. The zero-order valence-corrected chi connectivity index (χ0v) is 11.6. The summed E-state index contributed by atoms with van der Waals surface area (Å²) in [6.07, 6.45) is -3.51. The third-order valence-corrected chi connectivity index (χ3v) is 3.78. The van der Waals surface area contributed by atoms with Crippen LogP contribution in [0, 0.1) is 11.8 Å². The van der Waals surface area contributed by atoms with Crippen LogP contribution < -0.4 is 5.32 Å². The van der Waals surface area contributed by atoms with Gasteiger partial charge in [0.15, 0.2) is 0 Å². The van der Waals surface area contributed by atoms with E-state index in [0.29, 0.717) is 25.0 Å². The van der Waals surface area contributed by atoms with Crippen LogP contribution >= 0.6 is 0 Å². The van der Waals surface area contributed by atoms with Gasteiger partial charge >= 0.3 is 6.18 Å². The highest BCUT2D eigenvalue weighted by Gasteiger charge is 2.41. The Labute approximate surface area is 108 Å². The molecule has 1 saturated heterocycles. The molecule has 18 heavy (non-hydrogen) atoms. The van der Waals surface area contributed by atoms with Gasteiger partial charge in [0.2, 0.25) is 0 Å². The standard InChI is InChI=1S/C13H25F3N2/c1-4-17-12(10(2)3)9-18-7-5-11(6-8-18)13(14,15)16/h10-12,17H,4-9H2,1-3H3. The van der Waals surface area contributed by atoms with Crippen molar-refractivity contribution in [3.8, 4) is 0 Å². The van der Waals surface area contributed by atoms with Crippen molar-refractivity contribution in [2.45, 2.75) is 45.8 Å². The van der Waals surface area contributed by atoms with Crippen LogP contribution in [-0.4, -0.2) is 43.3 Å². The first-order valence-electron chi connectivity index (χ1n) is 6.87. The fourth-order valence-electron chi connectivity index (χ4n) is 2.49. The Kier molecular flexibility index (Phi) is 5.92. The molecule has 108 valence electrons. The van der Waals surface area contributed by atoms with Crippen LogP contribution in [-0.2, 0) is 0 Å². The van der Waals surface area contributed by atoms with E-state index in [0.717, 1.165) is 13.1 Å². The van der Waals surface area contributed by atoms with Crippen LogP contribution in [0.4, 0.5) is 13.2 Å². The number of hydrogen-bond acceptors (Lipinski definition) is 2. The van der Waals surface area contributed by atoms with Crippen LogP contribution in [0.15, 0.2) is 0 Å². The van der Waals surface area contributed by atoms with Crippen LogP contribution in [0.5, 0.6) is 0 Å². The lowest BCUT2D eigenvalue weighted by Gasteiger charge is -2.36. The molecule has 1 rings (SSSR count). The van der Waals surface area contributed by atoms with E-state index in [4.69, 9.17) is 0 Å². The molecule has 0 amide bonds. The molecule has 0 saturated carbocycles. The van der Waals surface area contributed by atoms with Gasteiger partial charge in [-0.15, -0.1) is 0 Å². The molecule has 0 aromatic rings. The molecule has 5 heteroatoms. The molecular formula is C13H25F3N2. The summed E-state index contributed by atoms with van der Waals surface area (Å²) in [5.41, 5.74) is 0. The van der Waals surface area contributed by atoms with Crippen LogP contribution in [0.3, 0.4) is 0 Å². The van der Waals surface area contributed by atoms with Gasteiger partial charge in [0, 0.05) is 12.6 Å². The molecule has 1 N–H and O–H groups in total. The molecule has 0 aromatic carbocycles. The number of rotatable bonds is 5. The molecule has 1 atom stereocenters. The molecule has 1 aliphatic rings. The van der Waals surface area contributed by atoms with Gasteiger partial charge in [-0.1, -0.05) is 20.8 Å². The quantitative estimate of drug-likeness (QED) is 0.823. The van der Waals surface area contributed by atoms with Gasteiger partial charge in [0.25, 0.3) is 0 Å². The minimum absolute atomic E-state index is 0.250. The Morgan fingerprint density at radius 1 is 1.22 bits per heavy atom. The van der Waals surface area contributed by atoms with E-state index >= 15 is 0 Å². The number of likely N-dealkylation sites (tertiary alicyclic amines) is 1. The van der Waals surface area contributed by atoms with Crippen molar-refractivity contribution in [2.75, 3.05) is 26.2 Å². The summed E-state index contributed by atoms with van der Waals surface area (Å²) in [6.45, 7) is 9.26. The minimum atomic E-state index is -4.01. The molecule has 1 fully saturated rings. The molecule has 2 nitrogen and oxygen atoms in total. The lowest BCUT2D eigenvalue weighted by Crippen LogP contribution is -2.47. The van der Waals surface area contributed by atoms with E-state index in [2.05, 4.69) is 31.0 Å². The van der Waals surface area contributed by atoms with E-state index in [1.165, 1.54) is 0 Å². The van der Waals surface area contributed by atoms with Gasteiger partial charge in [-0.3, -0.25) is 0 Å². The van der Waals surface area contributed by atoms with E-state index in [-0.39, 0.29) is 12.8 Å². The van der Waals surface area contributed by atoms with Gasteiger partial charge in [-0.05, 0) is 38.4 Å². The van der Waals surface area contributed by atoms with Crippen molar-refractivity contribution in [3.05, 3.63) is 0 Å². The summed E-state index contributed by atoms with van der Waals surface area (Å²) in [5.74, 6) is -0.587. The van der Waals surface area contributed by atoms with Gasteiger partial charge in [0.1, 0.15) is 0 Å². The summed E-state index contributed by atoms with van der Waals surface area (Å²) in [4.78, 5) is 2.16. The number of alkyl halides is 3. The average Bonchev–Trinajstić information content (AvgIpc) is 2.28. The second-order valence-corrected chi connectivity index (χ2v) is 5.52. The highest BCUT2D eigenvalue weighted by atomic mass is 19.4. The van der Waals surface area contributed by atoms with Crippen molar-refractivity contribution in [1.29, 1.82) is 0 Å². The zero-order chi connectivity index (χ0) is 13.8. The Bertz CT molecular complexity index is 233. The number of hydrogen-bond donors (Lipinski definition) is 1. The number of halogens is 3. The summed E-state index contributed by atoms with van der Waals surface area (Å²) in [7, 11) is 0. The highest BCUT2D eigenvalue weighted by Crippen LogP contribution is 2.34. The lowest BCUT2D eigenvalue weighted by atomic mass is 9.95. The third-order valence-electron chi connectivity index (χ3n) is 3.78. The molecule has 1 aliphatic heterocycles. The molecule has 0 aliphatic carbocycles. The smallest absolute Gasteiger partial charge is 0.313 e.